The lowest BCUT2D eigenvalue weighted by molar-refractivity contribution is -0.135. The van der Waals surface area contributed by atoms with E-state index in [1.165, 1.54) is 0 Å². The predicted molar refractivity (Wildman–Crippen MR) is 102 cm³/mol. The number of nitrogens with one attached hydrogen (secondary N) is 1. The molecule has 2 amide bonds. The van der Waals surface area contributed by atoms with E-state index in [1.807, 2.05) is 30.9 Å². The number of hydrogen-bond acceptors (Lipinski definition) is 3. The first-order valence-electron chi connectivity index (χ1n) is 9.34. The van der Waals surface area contributed by atoms with E-state index in [9.17, 15) is 14.4 Å². The number of rotatable bonds is 4. The van der Waals surface area contributed by atoms with E-state index in [1.54, 1.807) is 12.1 Å². The summed E-state index contributed by atoms with van der Waals surface area (Å²) >= 11 is 0. The van der Waals surface area contributed by atoms with Gasteiger partial charge >= 0.3 is 0 Å². The van der Waals surface area contributed by atoms with Crippen LogP contribution in [0.4, 0.5) is 0 Å². The van der Waals surface area contributed by atoms with Gasteiger partial charge in [0.05, 0.1) is 0 Å². The number of likely N-dealkylation sites (tertiary alicyclic amines) is 1. The third-order valence-corrected chi connectivity index (χ3v) is 4.86. The van der Waals surface area contributed by atoms with Crippen LogP contribution in [0.15, 0.2) is 24.3 Å². The first kappa shape index (κ1) is 20.1. The van der Waals surface area contributed by atoms with Gasteiger partial charge in [0.2, 0.25) is 11.7 Å². The van der Waals surface area contributed by atoms with Crippen molar-refractivity contribution in [3.8, 4) is 0 Å². The van der Waals surface area contributed by atoms with Crippen LogP contribution in [0.5, 0.6) is 0 Å². The van der Waals surface area contributed by atoms with E-state index >= 15 is 0 Å². The van der Waals surface area contributed by atoms with Crippen LogP contribution in [0, 0.1) is 5.92 Å². The molecule has 1 aliphatic heterocycles. The van der Waals surface area contributed by atoms with Gasteiger partial charge in [-0.1, -0.05) is 58.9 Å². The second kappa shape index (κ2) is 8.02. The molecule has 5 nitrogen and oxygen atoms in total. The molecule has 0 unspecified atom stereocenters. The Morgan fingerprint density at radius 3 is 2.04 bits per heavy atom. The van der Waals surface area contributed by atoms with Crippen molar-refractivity contribution in [1.29, 1.82) is 0 Å². The minimum atomic E-state index is -0.567. The van der Waals surface area contributed by atoms with Gasteiger partial charge in [-0.05, 0) is 23.8 Å². The largest absolute Gasteiger partial charge is 0.346 e. The SMILES string of the molecule is CC(C)C(=O)N1CCC(NC(=O)C(=O)c2ccc(C(C)(C)C)cc2)CC1. The number of Topliss-reactive ketones (excluding diaryl/α,β-unsaturated/α-hetero) is 1. The van der Waals surface area contributed by atoms with Crippen molar-refractivity contribution in [3.05, 3.63) is 35.4 Å². The molecular weight excluding hydrogens is 328 g/mol. The second-order valence-electron chi connectivity index (χ2n) is 8.38. The van der Waals surface area contributed by atoms with E-state index in [0.29, 0.717) is 31.5 Å². The van der Waals surface area contributed by atoms with Crippen LogP contribution in [0.2, 0.25) is 0 Å². The van der Waals surface area contributed by atoms with Gasteiger partial charge in [0.1, 0.15) is 0 Å². The van der Waals surface area contributed by atoms with Gasteiger partial charge in [-0.2, -0.15) is 0 Å². The summed E-state index contributed by atoms with van der Waals surface area (Å²) in [6.07, 6.45) is 1.36. The molecule has 1 N–H and O–H groups in total. The minimum Gasteiger partial charge on any atom is -0.346 e. The lowest BCUT2D eigenvalue weighted by Gasteiger charge is -2.33. The number of ketones is 1. The fourth-order valence-electron chi connectivity index (χ4n) is 3.11. The van der Waals surface area contributed by atoms with Crippen molar-refractivity contribution in [3.63, 3.8) is 0 Å². The van der Waals surface area contributed by atoms with Crippen molar-refractivity contribution in [2.75, 3.05) is 13.1 Å². The van der Waals surface area contributed by atoms with E-state index < -0.39 is 11.7 Å². The Hall–Kier alpha value is -2.17. The molecule has 1 aromatic rings. The number of hydrogen-bond donors (Lipinski definition) is 1. The molecule has 1 aromatic carbocycles. The number of benzene rings is 1. The fourth-order valence-corrected chi connectivity index (χ4v) is 3.11. The fraction of sp³-hybridized carbons (Fsp3) is 0.571. The van der Waals surface area contributed by atoms with Crippen molar-refractivity contribution < 1.29 is 14.4 Å². The quantitative estimate of drug-likeness (QED) is 0.665. The number of nitrogens with zero attached hydrogens (tertiary/aromatic N) is 1. The molecule has 0 radical (unpaired) electrons. The minimum absolute atomic E-state index is 0.00519. The number of piperidine rings is 1. The van der Waals surface area contributed by atoms with Gasteiger partial charge < -0.3 is 10.2 Å². The van der Waals surface area contributed by atoms with Gasteiger partial charge in [0, 0.05) is 30.6 Å². The second-order valence-corrected chi connectivity index (χ2v) is 8.38. The standard InChI is InChI=1S/C21H30N2O3/c1-14(2)20(26)23-12-10-17(11-13-23)22-19(25)18(24)15-6-8-16(9-7-15)21(3,4)5/h6-9,14,17H,10-13H2,1-5H3,(H,22,25). The van der Waals surface area contributed by atoms with Crippen LogP contribution < -0.4 is 5.32 Å². The maximum absolute atomic E-state index is 12.4. The van der Waals surface area contributed by atoms with E-state index in [4.69, 9.17) is 0 Å². The molecule has 142 valence electrons. The summed E-state index contributed by atoms with van der Waals surface area (Å²) in [5, 5.41) is 2.82. The molecule has 0 aliphatic carbocycles. The van der Waals surface area contributed by atoms with Gasteiger partial charge in [0.15, 0.2) is 0 Å². The van der Waals surface area contributed by atoms with Crippen LogP contribution in [0.25, 0.3) is 0 Å². The predicted octanol–water partition coefficient (Wildman–Crippen LogP) is 2.93. The molecule has 1 saturated heterocycles. The van der Waals surface area contributed by atoms with Crippen LogP contribution >= 0.6 is 0 Å². The van der Waals surface area contributed by atoms with Crippen LogP contribution in [0.1, 0.15) is 63.4 Å². The first-order chi connectivity index (χ1) is 12.1. The molecule has 1 aliphatic rings. The molecule has 0 bridgehead atoms. The Morgan fingerprint density at radius 1 is 1.04 bits per heavy atom. The molecule has 0 spiro atoms. The molecular formula is C21H30N2O3. The lowest BCUT2D eigenvalue weighted by Crippen LogP contribution is -2.48. The Morgan fingerprint density at radius 2 is 1.58 bits per heavy atom. The number of carbonyl (C=O) groups is 3. The highest BCUT2D eigenvalue weighted by atomic mass is 16.2. The summed E-state index contributed by atoms with van der Waals surface area (Å²) in [7, 11) is 0. The molecule has 1 fully saturated rings. The zero-order chi connectivity index (χ0) is 19.5. The highest BCUT2D eigenvalue weighted by Gasteiger charge is 2.27. The zero-order valence-electron chi connectivity index (χ0n) is 16.5. The molecule has 5 heteroatoms. The first-order valence-corrected chi connectivity index (χ1v) is 9.34. The molecule has 0 aromatic heterocycles. The third-order valence-electron chi connectivity index (χ3n) is 4.86. The molecule has 0 saturated carbocycles. The van der Waals surface area contributed by atoms with E-state index in [2.05, 4.69) is 26.1 Å². The molecule has 1 heterocycles. The van der Waals surface area contributed by atoms with Crippen molar-refractivity contribution in [1.82, 2.24) is 10.2 Å². The Labute approximate surface area is 156 Å². The number of amides is 2. The third kappa shape index (κ3) is 4.93. The summed E-state index contributed by atoms with van der Waals surface area (Å²) in [5.41, 5.74) is 1.53. The maximum Gasteiger partial charge on any atom is 0.292 e. The van der Waals surface area contributed by atoms with Gasteiger partial charge in [-0.25, -0.2) is 0 Å². The Kier molecular flexibility index (Phi) is 6.21. The summed E-state index contributed by atoms with van der Waals surface area (Å²) < 4.78 is 0. The Bertz CT molecular complexity index is 663. The maximum atomic E-state index is 12.4. The average molecular weight is 358 g/mol. The average Bonchev–Trinajstić information content (AvgIpc) is 2.60. The lowest BCUT2D eigenvalue weighted by atomic mass is 9.86. The topological polar surface area (TPSA) is 66.5 Å². The highest BCUT2D eigenvalue weighted by Crippen LogP contribution is 2.22. The molecule has 26 heavy (non-hydrogen) atoms. The van der Waals surface area contributed by atoms with Gasteiger partial charge in [0.25, 0.3) is 5.91 Å². The normalized spacial score (nSPS) is 15.8. The van der Waals surface area contributed by atoms with E-state index in [-0.39, 0.29) is 23.3 Å². The zero-order valence-corrected chi connectivity index (χ0v) is 16.5. The van der Waals surface area contributed by atoms with Gasteiger partial charge in [-0.15, -0.1) is 0 Å². The van der Waals surface area contributed by atoms with Crippen LogP contribution in [0.3, 0.4) is 0 Å². The summed E-state index contributed by atoms with van der Waals surface area (Å²) in [5.74, 6) is -0.947. The van der Waals surface area contributed by atoms with Crippen molar-refractivity contribution >= 4 is 17.6 Å². The highest BCUT2D eigenvalue weighted by molar-refractivity contribution is 6.42. The van der Waals surface area contributed by atoms with Crippen LogP contribution in [-0.4, -0.2) is 41.6 Å². The summed E-state index contributed by atoms with van der Waals surface area (Å²) in [6, 6.07) is 7.17. The van der Waals surface area contributed by atoms with E-state index in [0.717, 1.165) is 5.56 Å². The monoisotopic (exact) mass is 358 g/mol. The Balaban J connectivity index is 1.90. The summed E-state index contributed by atoms with van der Waals surface area (Å²) in [6.45, 7) is 11.3. The van der Waals surface area contributed by atoms with Gasteiger partial charge in [-0.3, -0.25) is 14.4 Å². The molecule has 0 atom stereocenters. The number of carbonyl (C=O) groups excluding carboxylic acids is 3. The van der Waals surface area contributed by atoms with Crippen molar-refractivity contribution in [2.45, 2.75) is 58.9 Å². The smallest absolute Gasteiger partial charge is 0.292 e. The van der Waals surface area contributed by atoms with Crippen LogP contribution in [-0.2, 0) is 15.0 Å². The van der Waals surface area contributed by atoms with Crippen molar-refractivity contribution in [2.24, 2.45) is 5.92 Å². The summed E-state index contributed by atoms with van der Waals surface area (Å²) in [4.78, 5) is 38.5. The molecule has 2 rings (SSSR count).